The van der Waals surface area contributed by atoms with E-state index in [0.29, 0.717) is 17.1 Å². The van der Waals surface area contributed by atoms with E-state index in [-0.39, 0.29) is 18.9 Å². The van der Waals surface area contributed by atoms with Crippen LogP contribution in [0.5, 0.6) is 5.75 Å². The van der Waals surface area contributed by atoms with E-state index >= 15 is 0 Å². The monoisotopic (exact) mass is 436 g/mol. The summed E-state index contributed by atoms with van der Waals surface area (Å²) < 4.78 is 32.0. The van der Waals surface area contributed by atoms with Crippen molar-refractivity contribution < 1.29 is 17.9 Å². The van der Waals surface area contributed by atoms with E-state index in [2.05, 4.69) is 5.32 Å². The molecule has 1 N–H and O–H groups in total. The Morgan fingerprint density at radius 3 is 2.48 bits per heavy atom. The highest BCUT2D eigenvalue weighted by atomic mass is 32.2. The molecule has 0 saturated heterocycles. The third-order valence-electron chi connectivity index (χ3n) is 5.21. The number of carbonyl (C=O) groups is 1. The molecule has 4 rings (SSSR count). The Labute approximate surface area is 182 Å². The van der Waals surface area contributed by atoms with Gasteiger partial charge in [0.15, 0.2) is 6.10 Å². The van der Waals surface area contributed by atoms with Crippen LogP contribution in [0.25, 0.3) is 11.1 Å². The summed E-state index contributed by atoms with van der Waals surface area (Å²) in [6.45, 7) is 2.05. The number of hydrogen-bond donors (Lipinski definition) is 1. The Morgan fingerprint density at radius 1 is 1.03 bits per heavy atom. The maximum Gasteiger partial charge on any atom is 0.265 e. The summed E-state index contributed by atoms with van der Waals surface area (Å²) in [5.74, 6) is 0.0651. The predicted octanol–water partition coefficient (Wildman–Crippen LogP) is 4.22. The molecular formula is C24H24N2O4S. The minimum absolute atomic E-state index is 0.160. The molecular weight excluding hydrogens is 412 g/mol. The predicted molar refractivity (Wildman–Crippen MR) is 123 cm³/mol. The molecule has 0 bridgehead atoms. The number of nitrogens with one attached hydrogen (secondary N) is 1. The van der Waals surface area contributed by atoms with Gasteiger partial charge in [-0.2, -0.15) is 0 Å². The van der Waals surface area contributed by atoms with Crippen molar-refractivity contribution in [3.05, 3.63) is 78.4 Å². The number of ether oxygens (including phenoxy) is 1. The number of aryl methyl sites for hydroxylation is 1. The quantitative estimate of drug-likeness (QED) is 0.665. The number of benzene rings is 3. The second-order valence-corrected chi connectivity index (χ2v) is 9.51. The number of fused-ring (bicyclic) bond motifs is 1. The van der Waals surface area contributed by atoms with Crippen LogP contribution in [0.4, 0.5) is 11.4 Å². The fourth-order valence-electron chi connectivity index (χ4n) is 3.69. The molecule has 1 unspecified atom stereocenters. The number of rotatable bonds is 4. The van der Waals surface area contributed by atoms with E-state index in [1.165, 1.54) is 4.31 Å². The zero-order chi connectivity index (χ0) is 22.0. The lowest BCUT2D eigenvalue weighted by molar-refractivity contribution is -0.122. The van der Waals surface area contributed by atoms with Crippen LogP contribution in [0.15, 0.2) is 72.8 Å². The van der Waals surface area contributed by atoms with Gasteiger partial charge in [-0.15, -0.1) is 0 Å². The lowest BCUT2D eigenvalue weighted by Crippen LogP contribution is -2.36. The largest absolute Gasteiger partial charge is 0.478 e. The van der Waals surface area contributed by atoms with E-state index < -0.39 is 16.1 Å². The molecule has 1 amide bonds. The lowest BCUT2D eigenvalue weighted by atomic mass is 10.0. The molecule has 0 aliphatic carbocycles. The number of para-hydroxylation sites is 1. The molecule has 0 saturated carbocycles. The van der Waals surface area contributed by atoms with E-state index in [1.807, 2.05) is 67.6 Å². The number of anilines is 2. The highest BCUT2D eigenvalue weighted by Gasteiger charge is 2.31. The number of sulfonamides is 1. The third-order valence-corrected chi connectivity index (χ3v) is 6.39. The molecule has 160 valence electrons. The van der Waals surface area contributed by atoms with Gasteiger partial charge in [0.2, 0.25) is 10.0 Å². The fourth-order valence-corrected chi connectivity index (χ4v) is 4.63. The highest BCUT2D eigenvalue weighted by molar-refractivity contribution is 7.92. The Balaban J connectivity index is 1.62. The van der Waals surface area contributed by atoms with Crippen LogP contribution < -0.4 is 14.4 Å². The van der Waals surface area contributed by atoms with Crippen molar-refractivity contribution in [2.75, 3.05) is 22.4 Å². The Hall–Kier alpha value is -3.32. The van der Waals surface area contributed by atoms with Crippen molar-refractivity contribution in [1.29, 1.82) is 0 Å². The van der Waals surface area contributed by atoms with Crippen LogP contribution in [0.2, 0.25) is 0 Å². The summed E-state index contributed by atoms with van der Waals surface area (Å²) >= 11 is 0. The molecule has 1 aliphatic rings. The molecule has 3 aromatic carbocycles. The molecule has 3 aromatic rings. The van der Waals surface area contributed by atoms with Crippen LogP contribution in [-0.4, -0.2) is 33.2 Å². The fraction of sp³-hybridized carbons (Fsp3) is 0.208. The van der Waals surface area contributed by atoms with Gasteiger partial charge in [-0.3, -0.25) is 9.10 Å². The van der Waals surface area contributed by atoms with E-state index in [4.69, 9.17) is 4.74 Å². The zero-order valence-electron chi connectivity index (χ0n) is 17.4. The molecule has 0 spiro atoms. The molecule has 1 heterocycles. The molecule has 7 heteroatoms. The standard InChI is InChI=1S/C24H24N2O4S/c1-17-12-13-22-21(16-17)26(31(2,28)29)15-14-23(30-22)24(27)25-20-11-7-6-10-19(20)18-8-4-3-5-9-18/h3-13,16,23H,14-15H2,1-2H3,(H,25,27). The van der Waals surface area contributed by atoms with E-state index in [9.17, 15) is 13.2 Å². The molecule has 0 aromatic heterocycles. The summed E-state index contributed by atoms with van der Waals surface area (Å²) in [6, 6.07) is 22.7. The number of carbonyl (C=O) groups excluding carboxylic acids is 1. The van der Waals surface area contributed by atoms with Gasteiger partial charge in [-0.1, -0.05) is 54.6 Å². The van der Waals surface area contributed by atoms with Crippen molar-refractivity contribution in [1.82, 2.24) is 0 Å². The van der Waals surface area contributed by atoms with Crippen LogP contribution >= 0.6 is 0 Å². The number of amides is 1. The molecule has 1 aliphatic heterocycles. The number of nitrogens with zero attached hydrogens (tertiary/aromatic N) is 1. The van der Waals surface area contributed by atoms with Crippen LogP contribution in [0.1, 0.15) is 12.0 Å². The SMILES string of the molecule is Cc1ccc2c(c1)N(S(C)(=O)=O)CCC(C(=O)Nc1ccccc1-c1ccccc1)O2. The van der Waals surface area contributed by atoms with Crippen molar-refractivity contribution in [2.45, 2.75) is 19.4 Å². The molecule has 6 nitrogen and oxygen atoms in total. The maximum absolute atomic E-state index is 13.1. The van der Waals surface area contributed by atoms with Crippen molar-refractivity contribution in [3.8, 4) is 16.9 Å². The minimum Gasteiger partial charge on any atom is -0.478 e. The van der Waals surface area contributed by atoms with Gasteiger partial charge in [0.25, 0.3) is 5.91 Å². The first-order chi connectivity index (χ1) is 14.8. The Bertz CT molecular complexity index is 1210. The third kappa shape index (κ3) is 4.56. The first-order valence-electron chi connectivity index (χ1n) is 10.0. The Morgan fingerprint density at radius 2 is 1.74 bits per heavy atom. The van der Waals surface area contributed by atoms with Gasteiger partial charge >= 0.3 is 0 Å². The van der Waals surface area contributed by atoms with Crippen molar-refractivity contribution in [2.24, 2.45) is 0 Å². The summed E-state index contributed by atoms with van der Waals surface area (Å²) in [5, 5.41) is 2.97. The van der Waals surface area contributed by atoms with Crippen molar-refractivity contribution >= 4 is 27.3 Å². The molecule has 31 heavy (non-hydrogen) atoms. The minimum atomic E-state index is -3.51. The van der Waals surface area contributed by atoms with Crippen LogP contribution in [-0.2, 0) is 14.8 Å². The molecule has 0 radical (unpaired) electrons. The number of hydrogen-bond acceptors (Lipinski definition) is 4. The van der Waals surface area contributed by atoms with Gasteiger partial charge in [-0.25, -0.2) is 8.42 Å². The van der Waals surface area contributed by atoms with Gasteiger partial charge < -0.3 is 10.1 Å². The molecule has 0 fully saturated rings. The first kappa shape index (κ1) is 20.9. The van der Waals surface area contributed by atoms with Gasteiger partial charge in [0.05, 0.1) is 11.9 Å². The smallest absolute Gasteiger partial charge is 0.265 e. The average Bonchev–Trinajstić information content (AvgIpc) is 2.94. The highest BCUT2D eigenvalue weighted by Crippen LogP contribution is 2.35. The lowest BCUT2D eigenvalue weighted by Gasteiger charge is -2.21. The van der Waals surface area contributed by atoms with Crippen LogP contribution in [0.3, 0.4) is 0 Å². The zero-order valence-corrected chi connectivity index (χ0v) is 18.2. The van der Waals surface area contributed by atoms with Crippen molar-refractivity contribution in [3.63, 3.8) is 0 Å². The summed E-state index contributed by atoms with van der Waals surface area (Å²) in [6.07, 6.45) is 0.576. The maximum atomic E-state index is 13.1. The summed E-state index contributed by atoms with van der Waals surface area (Å²) in [5.41, 5.74) is 3.94. The summed E-state index contributed by atoms with van der Waals surface area (Å²) in [7, 11) is -3.51. The Kier molecular flexibility index (Phi) is 5.69. The van der Waals surface area contributed by atoms with Gasteiger partial charge in [0, 0.05) is 24.2 Å². The molecule has 1 atom stereocenters. The second-order valence-electron chi connectivity index (χ2n) is 7.60. The topological polar surface area (TPSA) is 75.7 Å². The second kappa shape index (κ2) is 8.43. The van der Waals surface area contributed by atoms with Gasteiger partial charge in [0.1, 0.15) is 5.75 Å². The summed E-state index contributed by atoms with van der Waals surface area (Å²) in [4.78, 5) is 13.1. The first-order valence-corrected chi connectivity index (χ1v) is 11.9. The van der Waals surface area contributed by atoms with Gasteiger partial charge in [-0.05, 0) is 36.2 Å². The normalized spacial score (nSPS) is 16.1. The van der Waals surface area contributed by atoms with E-state index in [0.717, 1.165) is 22.9 Å². The average molecular weight is 437 g/mol. The van der Waals surface area contributed by atoms with E-state index in [1.54, 1.807) is 12.1 Å². The van der Waals surface area contributed by atoms with Crippen LogP contribution in [0, 0.1) is 6.92 Å².